The first-order valence-electron chi connectivity index (χ1n) is 3.84. The maximum atomic E-state index is 11.2. The van der Waals surface area contributed by atoms with Crippen molar-refractivity contribution in [3.8, 4) is 12.3 Å². The van der Waals surface area contributed by atoms with E-state index in [2.05, 4.69) is 19.1 Å². The van der Waals surface area contributed by atoms with E-state index in [0.29, 0.717) is 6.54 Å². The van der Waals surface area contributed by atoms with Gasteiger partial charge in [0.1, 0.15) is 0 Å². The van der Waals surface area contributed by atoms with Gasteiger partial charge in [-0.1, -0.05) is 18.1 Å². The molecule has 0 aromatic rings. The van der Waals surface area contributed by atoms with Crippen LogP contribution < -0.4 is 0 Å². The maximum Gasteiger partial charge on any atom is 0.258 e. The molecule has 0 unspecified atom stereocenters. The molecule has 0 heterocycles. The number of carbonyl (C=O) groups is 1. The number of amides is 1. The van der Waals surface area contributed by atoms with Gasteiger partial charge in [0.05, 0.1) is 19.6 Å². The third-order valence-electron chi connectivity index (χ3n) is 1.17. The van der Waals surface area contributed by atoms with Gasteiger partial charge in [-0.15, -0.1) is 19.6 Å². The maximum absolute atomic E-state index is 11.2. The fourth-order valence-electron chi connectivity index (χ4n) is 0.662. The molecule has 70 valence electrons. The zero-order valence-corrected chi connectivity index (χ0v) is 7.53. The summed E-state index contributed by atoms with van der Waals surface area (Å²) in [6.07, 6.45) is 8.15. The molecule has 0 aromatic heterocycles. The second-order valence-electron chi connectivity index (χ2n) is 2.21. The molecule has 3 nitrogen and oxygen atoms in total. The summed E-state index contributed by atoms with van der Waals surface area (Å²) in [5.74, 6) is 2.01. The van der Waals surface area contributed by atoms with Gasteiger partial charge in [-0.05, 0) is 0 Å². The summed E-state index contributed by atoms with van der Waals surface area (Å²) < 4.78 is 0. The van der Waals surface area contributed by atoms with E-state index in [1.54, 1.807) is 12.2 Å². The SMILES string of the molecule is C#CCC(=O)N(CC=C)OCC=C. The van der Waals surface area contributed by atoms with Gasteiger partial charge in [-0.3, -0.25) is 9.63 Å². The van der Waals surface area contributed by atoms with Crippen LogP contribution >= 0.6 is 0 Å². The van der Waals surface area contributed by atoms with E-state index in [0.717, 1.165) is 0 Å². The summed E-state index contributed by atoms with van der Waals surface area (Å²) in [5.41, 5.74) is 0. The molecule has 1 amide bonds. The van der Waals surface area contributed by atoms with Crippen LogP contribution in [-0.4, -0.2) is 24.1 Å². The number of hydroxylamine groups is 2. The molecule has 0 aromatic carbocycles. The van der Waals surface area contributed by atoms with E-state index < -0.39 is 0 Å². The minimum absolute atomic E-state index is 0.0327. The van der Waals surface area contributed by atoms with Gasteiger partial charge < -0.3 is 0 Å². The average molecular weight is 179 g/mol. The summed E-state index contributed by atoms with van der Waals surface area (Å²) in [4.78, 5) is 16.3. The lowest BCUT2D eigenvalue weighted by Gasteiger charge is -2.18. The topological polar surface area (TPSA) is 29.5 Å². The number of nitrogens with zero attached hydrogens (tertiary/aromatic N) is 1. The van der Waals surface area contributed by atoms with Crippen molar-refractivity contribution >= 4 is 5.91 Å². The Hall–Kier alpha value is -1.53. The highest BCUT2D eigenvalue weighted by molar-refractivity contribution is 5.77. The molecule has 0 saturated heterocycles. The van der Waals surface area contributed by atoms with Crippen LogP contribution in [0.1, 0.15) is 6.42 Å². The fourth-order valence-corrected chi connectivity index (χ4v) is 0.662. The lowest BCUT2D eigenvalue weighted by atomic mass is 10.4. The van der Waals surface area contributed by atoms with E-state index in [1.165, 1.54) is 5.06 Å². The lowest BCUT2D eigenvalue weighted by molar-refractivity contribution is -0.177. The Morgan fingerprint density at radius 3 is 2.69 bits per heavy atom. The standard InChI is InChI=1S/C10H13NO2/c1-4-7-10(12)11(8-5-2)13-9-6-3/h1,5-6H,2-3,7-9H2. The lowest BCUT2D eigenvalue weighted by Crippen LogP contribution is -2.31. The molecule has 0 aliphatic carbocycles. The monoisotopic (exact) mass is 179 g/mol. The van der Waals surface area contributed by atoms with Crippen molar-refractivity contribution in [2.75, 3.05) is 13.2 Å². The van der Waals surface area contributed by atoms with Gasteiger partial charge in [0.25, 0.3) is 5.91 Å². The quantitative estimate of drug-likeness (QED) is 0.347. The molecule has 0 spiro atoms. The first-order valence-corrected chi connectivity index (χ1v) is 3.84. The van der Waals surface area contributed by atoms with E-state index in [4.69, 9.17) is 11.3 Å². The van der Waals surface area contributed by atoms with Crippen LogP contribution in [0.2, 0.25) is 0 Å². The Balaban J connectivity index is 4.06. The Labute approximate surface area is 78.6 Å². The van der Waals surface area contributed by atoms with Gasteiger partial charge in [-0.2, -0.15) is 0 Å². The second kappa shape index (κ2) is 7.14. The van der Waals surface area contributed by atoms with Crippen LogP contribution in [0.25, 0.3) is 0 Å². The van der Waals surface area contributed by atoms with E-state index in [9.17, 15) is 4.79 Å². The first kappa shape index (κ1) is 11.5. The number of carbonyl (C=O) groups excluding carboxylic acids is 1. The smallest absolute Gasteiger partial charge is 0.258 e. The molecule has 0 radical (unpaired) electrons. The summed E-state index contributed by atoms with van der Waals surface area (Å²) in [6, 6.07) is 0. The van der Waals surface area contributed by atoms with Crippen molar-refractivity contribution in [2.24, 2.45) is 0 Å². The summed E-state index contributed by atoms with van der Waals surface area (Å²) in [6.45, 7) is 7.58. The average Bonchev–Trinajstić information content (AvgIpc) is 2.12. The van der Waals surface area contributed by atoms with Gasteiger partial charge in [-0.25, -0.2) is 5.06 Å². The molecule has 13 heavy (non-hydrogen) atoms. The molecule has 0 fully saturated rings. The zero-order chi connectivity index (χ0) is 10.1. The molecule has 0 N–H and O–H groups in total. The molecule has 0 rings (SSSR count). The predicted octanol–water partition coefficient (Wildman–Crippen LogP) is 1.14. The minimum Gasteiger partial charge on any atom is -0.271 e. The van der Waals surface area contributed by atoms with E-state index >= 15 is 0 Å². The number of terminal acetylenes is 1. The number of rotatable bonds is 6. The Morgan fingerprint density at radius 2 is 2.23 bits per heavy atom. The molecular weight excluding hydrogens is 166 g/mol. The molecule has 0 aliphatic rings. The fraction of sp³-hybridized carbons (Fsp3) is 0.300. The molecule has 0 bridgehead atoms. The van der Waals surface area contributed by atoms with Crippen LogP contribution in [0.5, 0.6) is 0 Å². The Kier molecular flexibility index (Phi) is 6.30. The van der Waals surface area contributed by atoms with Gasteiger partial charge in [0.15, 0.2) is 0 Å². The second-order valence-corrected chi connectivity index (χ2v) is 2.21. The highest BCUT2D eigenvalue weighted by atomic mass is 16.7. The van der Waals surface area contributed by atoms with Crippen molar-refractivity contribution in [3.05, 3.63) is 25.3 Å². The molecule has 0 saturated carbocycles. The number of hydrogen-bond acceptors (Lipinski definition) is 2. The van der Waals surface area contributed by atoms with Crippen molar-refractivity contribution in [1.82, 2.24) is 5.06 Å². The van der Waals surface area contributed by atoms with Crippen molar-refractivity contribution in [1.29, 1.82) is 0 Å². The van der Waals surface area contributed by atoms with Crippen molar-refractivity contribution < 1.29 is 9.63 Å². The van der Waals surface area contributed by atoms with E-state index in [1.807, 2.05) is 0 Å². The summed E-state index contributed by atoms with van der Waals surface area (Å²) in [5, 5.41) is 1.18. The third-order valence-corrected chi connectivity index (χ3v) is 1.17. The van der Waals surface area contributed by atoms with Gasteiger partial charge >= 0.3 is 0 Å². The van der Waals surface area contributed by atoms with Crippen LogP contribution in [0.15, 0.2) is 25.3 Å². The predicted molar refractivity (Wildman–Crippen MR) is 51.5 cm³/mol. The van der Waals surface area contributed by atoms with Crippen molar-refractivity contribution in [3.63, 3.8) is 0 Å². The number of hydrogen-bond donors (Lipinski definition) is 0. The summed E-state index contributed by atoms with van der Waals surface area (Å²) >= 11 is 0. The summed E-state index contributed by atoms with van der Waals surface area (Å²) in [7, 11) is 0. The molecular formula is C10H13NO2. The Bertz CT molecular complexity index is 228. The van der Waals surface area contributed by atoms with E-state index in [-0.39, 0.29) is 18.9 Å². The van der Waals surface area contributed by atoms with Crippen LogP contribution in [-0.2, 0) is 9.63 Å². The highest BCUT2D eigenvalue weighted by Gasteiger charge is 2.09. The van der Waals surface area contributed by atoms with Crippen LogP contribution in [0.4, 0.5) is 0 Å². The highest BCUT2D eigenvalue weighted by Crippen LogP contribution is 1.95. The first-order chi connectivity index (χ1) is 6.26. The Morgan fingerprint density at radius 1 is 1.54 bits per heavy atom. The zero-order valence-electron chi connectivity index (χ0n) is 7.53. The normalized spacial score (nSPS) is 8.54. The van der Waals surface area contributed by atoms with Crippen molar-refractivity contribution in [2.45, 2.75) is 6.42 Å². The van der Waals surface area contributed by atoms with Crippen LogP contribution in [0.3, 0.4) is 0 Å². The van der Waals surface area contributed by atoms with Gasteiger partial charge in [0, 0.05) is 0 Å². The molecule has 3 heteroatoms. The minimum atomic E-state index is -0.246. The largest absolute Gasteiger partial charge is 0.271 e. The molecule has 0 atom stereocenters. The van der Waals surface area contributed by atoms with Gasteiger partial charge in [0.2, 0.25) is 0 Å². The third kappa shape index (κ3) is 4.83. The van der Waals surface area contributed by atoms with Crippen LogP contribution in [0, 0.1) is 12.3 Å². The molecule has 0 aliphatic heterocycles.